The predicted molar refractivity (Wildman–Crippen MR) is 94.0 cm³/mol. The Hall–Kier alpha value is -2.45. The van der Waals surface area contributed by atoms with E-state index in [1.165, 1.54) is 0 Å². The van der Waals surface area contributed by atoms with E-state index in [1.807, 2.05) is 30.3 Å². The number of esters is 2. The highest BCUT2D eigenvalue weighted by molar-refractivity contribution is 6.30. The number of ether oxygens (including phenoxy) is 3. The predicted octanol–water partition coefficient (Wildman–Crippen LogP) is 1.76. The second kappa shape index (κ2) is 7.66. The smallest absolute Gasteiger partial charge is 0.384 e. The first-order valence-corrected chi connectivity index (χ1v) is 8.47. The molecule has 1 aliphatic rings. The summed E-state index contributed by atoms with van der Waals surface area (Å²) in [5.74, 6) is -2.10. The normalized spacial score (nSPS) is 22.3. The summed E-state index contributed by atoms with van der Waals surface area (Å²) < 4.78 is 15.9. The van der Waals surface area contributed by atoms with Crippen molar-refractivity contribution in [2.75, 3.05) is 6.61 Å². The van der Waals surface area contributed by atoms with Gasteiger partial charge in [-0.15, -0.1) is 0 Å². The summed E-state index contributed by atoms with van der Waals surface area (Å²) in [7, 11) is 0. The minimum atomic E-state index is -1.83. The average Bonchev–Trinajstić information content (AvgIpc) is 2.68. The van der Waals surface area contributed by atoms with E-state index in [0.717, 1.165) is 5.56 Å². The fourth-order valence-corrected chi connectivity index (χ4v) is 2.93. The van der Waals surface area contributed by atoms with Crippen LogP contribution in [-0.2, 0) is 24.7 Å². The fraction of sp³-hybridized carbons (Fsp3) is 0.263. The summed E-state index contributed by atoms with van der Waals surface area (Å²) in [5, 5.41) is 18.5. The van der Waals surface area contributed by atoms with Crippen LogP contribution in [0.1, 0.15) is 18.1 Å². The molecule has 2 N–H and O–H groups in total. The Morgan fingerprint density at radius 1 is 1.26 bits per heavy atom. The summed E-state index contributed by atoms with van der Waals surface area (Å²) in [5.41, 5.74) is 0.227. The Balaban J connectivity index is 1.96. The van der Waals surface area contributed by atoms with E-state index in [0.29, 0.717) is 16.3 Å². The van der Waals surface area contributed by atoms with Gasteiger partial charge >= 0.3 is 18.2 Å². The molecule has 0 saturated carbocycles. The van der Waals surface area contributed by atoms with Crippen molar-refractivity contribution in [2.24, 2.45) is 0 Å². The molecule has 7 nitrogen and oxygen atoms in total. The molecule has 27 heavy (non-hydrogen) atoms. The molecular weight excluding hydrogens is 376 g/mol. The Kier molecular flexibility index (Phi) is 5.48. The molecule has 0 amide bonds. The van der Waals surface area contributed by atoms with Crippen molar-refractivity contribution in [3.63, 3.8) is 0 Å². The van der Waals surface area contributed by atoms with E-state index in [1.54, 1.807) is 25.1 Å². The summed E-state index contributed by atoms with van der Waals surface area (Å²) in [6.07, 6.45) is -3.39. The van der Waals surface area contributed by atoms with Crippen molar-refractivity contribution < 1.29 is 34.0 Å². The van der Waals surface area contributed by atoms with Crippen molar-refractivity contribution in [1.29, 1.82) is 0 Å². The molecule has 0 aromatic heterocycles. The Labute approximate surface area is 160 Å². The molecule has 0 bridgehead atoms. The number of benzene rings is 2. The minimum Gasteiger partial charge on any atom is -0.453 e. The van der Waals surface area contributed by atoms with E-state index >= 15 is 0 Å². The second-order valence-electron chi connectivity index (χ2n) is 6.05. The maximum absolute atomic E-state index is 12.3. The van der Waals surface area contributed by atoms with Crippen LogP contribution in [-0.4, -0.2) is 41.2 Å². The number of aliphatic hydroxyl groups excluding tert-OH is 2. The Bertz CT molecular complexity index is 854. The van der Waals surface area contributed by atoms with Gasteiger partial charge in [-0.05, 0) is 30.7 Å². The number of fused-ring (bicyclic) bond motifs is 1. The molecule has 1 heterocycles. The van der Waals surface area contributed by atoms with Gasteiger partial charge in [0.05, 0.1) is 6.61 Å². The monoisotopic (exact) mass is 392 g/mol. The van der Waals surface area contributed by atoms with E-state index in [2.05, 4.69) is 4.74 Å². The maximum Gasteiger partial charge on any atom is 0.384 e. The van der Waals surface area contributed by atoms with Gasteiger partial charge in [0.15, 0.2) is 6.10 Å². The maximum atomic E-state index is 12.3. The van der Waals surface area contributed by atoms with Crippen molar-refractivity contribution >= 4 is 23.5 Å². The Morgan fingerprint density at radius 3 is 2.63 bits per heavy atom. The second-order valence-corrected chi connectivity index (χ2v) is 6.48. The first kappa shape index (κ1) is 19.3. The van der Waals surface area contributed by atoms with Crippen LogP contribution in [0.3, 0.4) is 0 Å². The van der Waals surface area contributed by atoms with Gasteiger partial charge in [-0.25, -0.2) is 9.59 Å². The van der Waals surface area contributed by atoms with Crippen LogP contribution in [0.2, 0.25) is 5.02 Å². The molecule has 0 saturated heterocycles. The zero-order valence-electron chi connectivity index (χ0n) is 14.3. The topological polar surface area (TPSA) is 102 Å². The van der Waals surface area contributed by atoms with Gasteiger partial charge in [0.25, 0.3) is 0 Å². The number of halogens is 1. The number of carbonyl (C=O) groups excluding carboxylic acids is 2. The molecule has 0 aliphatic carbocycles. The lowest BCUT2D eigenvalue weighted by Crippen LogP contribution is -2.46. The standard InChI is InChI=1S/C19H17ClO7/c1-19(11-5-3-2-4-6-11)13-9-12(20)7-8-15(13)25-18(27-19)17(24)26-16(23)14(22)10-21/h2-9,14,18,21-22H,10H2,1H3. The van der Waals surface area contributed by atoms with Crippen molar-refractivity contribution in [2.45, 2.75) is 24.9 Å². The number of aliphatic hydroxyl groups is 2. The molecular formula is C19H17ClO7. The summed E-state index contributed by atoms with van der Waals surface area (Å²) >= 11 is 6.11. The quantitative estimate of drug-likeness (QED) is 0.603. The number of hydrogen-bond donors (Lipinski definition) is 2. The van der Waals surface area contributed by atoms with Crippen LogP contribution >= 0.6 is 11.6 Å². The lowest BCUT2D eigenvalue weighted by atomic mass is 9.86. The third-order valence-corrected chi connectivity index (χ3v) is 4.43. The number of rotatable bonds is 4. The highest BCUT2D eigenvalue weighted by Gasteiger charge is 2.44. The largest absolute Gasteiger partial charge is 0.453 e. The number of hydrogen-bond acceptors (Lipinski definition) is 7. The van der Waals surface area contributed by atoms with Gasteiger partial charge in [0, 0.05) is 10.6 Å². The van der Waals surface area contributed by atoms with Crippen molar-refractivity contribution in [1.82, 2.24) is 0 Å². The first-order chi connectivity index (χ1) is 12.8. The molecule has 1 aliphatic heterocycles. The van der Waals surface area contributed by atoms with Crippen LogP contribution in [0, 0.1) is 0 Å². The molecule has 3 unspecified atom stereocenters. The molecule has 8 heteroatoms. The van der Waals surface area contributed by atoms with Crippen LogP contribution in [0.25, 0.3) is 0 Å². The summed E-state index contributed by atoms with van der Waals surface area (Å²) in [6.45, 7) is 0.867. The van der Waals surface area contributed by atoms with Gasteiger partial charge in [-0.2, -0.15) is 0 Å². The average molecular weight is 393 g/mol. The van der Waals surface area contributed by atoms with Crippen LogP contribution in [0.4, 0.5) is 0 Å². The molecule has 2 aromatic rings. The highest BCUT2D eigenvalue weighted by atomic mass is 35.5. The molecule has 0 fully saturated rings. The molecule has 3 rings (SSSR count). The van der Waals surface area contributed by atoms with E-state index in [-0.39, 0.29) is 0 Å². The summed E-state index contributed by atoms with van der Waals surface area (Å²) in [6, 6.07) is 14.0. The fourth-order valence-electron chi connectivity index (χ4n) is 2.76. The molecule has 0 radical (unpaired) electrons. The third kappa shape index (κ3) is 3.81. The third-order valence-electron chi connectivity index (χ3n) is 4.20. The molecule has 142 valence electrons. The van der Waals surface area contributed by atoms with Crippen molar-refractivity contribution in [3.8, 4) is 5.75 Å². The number of carbonyl (C=O) groups is 2. The van der Waals surface area contributed by atoms with Crippen LogP contribution < -0.4 is 4.74 Å². The molecule has 0 spiro atoms. The molecule has 3 atom stereocenters. The first-order valence-electron chi connectivity index (χ1n) is 8.09. The van der Waals surface area contributed by atoms with Crippen LogP contribution in [0.15, 0.2) is 48.5 Å². The van der Waals surface area contributed by atoms with Gasteiger partial charge in [-0.3, -0.25) is 0 Å². The van der Waals surface area contributed by atoms with Gasteiger partial charge < -0.3 is 24.4 Å². The van der Waals surface area contributed by atoms with Gasteiger partial charge in [0.1, 0.15) is 11.4 Å². The van der Waals surface area contributed by atoms with Gasteiger partial charge in [-0.1, -0.05) is 41.9 Å². The SMILES string of the molecule is CC1(c2ccccc2)OC(C(=O)OC(=O)C(O)CO)Oc2ccc(Cl)cc21. The lowest BCUT2D eigenvalue weighted by Gasteiger charge is -2.39. The van der Waals surface area contributed by atoms with Crippen LogP contribution in [0.5, 0.6) is 5.75 Å². The van der Waals surface area contributed by atoms with E-state index in [9.17, 15) is 14.7 Å². The lowest BCUT2D eigenvalue weighted by molar-refractivity contribution is -0.209. The minimum absolute atomic E-state index is 0.342. The van der Waals surface area contributed by atoms with E-state index in [4.69, 9.17) is 26.2 Å². The molecule has 2 aromatic carbocycles. The van der Waals surface area contributed by atoms with Crippen molar-refractivity contribution in [3.05, 3.63) is 64.7 Å². The highest BCUT2D eigenvalue weighted by Crippen LogP contribution is 2.44. The summed E-state index contributed by atoms with van der Waals surface area (Å²) in [4.78, 5) is 23.9. The Morgan fingerprint density at radius 2 is 1.96 bits per heavy atom. The zero-order valence-corrected chi connectivity index (χ0v) is 15.1. The van der Waals surface area contributed by atoms with E-state index < -0.39 is 36.5 Å². The van der Waals surface area contributed by atoms with Gasteiger partial charge in [0.2, 0.25) is 0 Å². The zero-order chi connectivity index (χ0) is 19.6.